The molecule has 1 aromatic heterocycles. The van der Waals surface area contributed by atoms with Crippen molar-refractivity contribution in [2.24, 2.45) is 5.41 Å². The molecule has 1 aromatic carbocycles. The van der Waals surface area contributed by atoms with E-state index in [-0.39, 0.29) is 6.04 Å². The number of rotatable bonds is 3. The minimum Gasteiger partial charge on any atom is -0.481 e. The van der Waals surface area contributed by atoms with Gasteiger partial charge in [0.1, 0.15) is 0 Å². The van der Waals surface area contributed by atoms with E-state index < -0.39 is 11.4 Å². The Balaban J connectivity index is 1.95. The van der Waals surface area contributed by atoms with E-state index in [9.17, 15) is 9.90 Å². The normalized spacial score (nSPS) is 25.7. The van der Waals surface area contributed by atoms with Gasteiger partial charge in [0.15, 0.2) is 0 Å². The fourth-order valence-electron chi connectivity index (χ4n) is 3.13. The highest BCUT2D eigenvalue weighted by atomic mass is 16.4. The number of carboxylic acid groups (broad SMARTS) is 1. The molecule has 1 aliphatic carbocycles. The van der Waals surface area contributed by atoms with E-state index in [4.69, 9.17) is 0 Å². The zero-order valence-electron chi connectivity index (χ0n) is 12.0. The quantitative estimate of drug-likeness (QED) is 0.906. The van der Waals surface area contributed by atoms with Gasteiger partial charge in [-0.15, -0.1) is 0 Å². The molecule has 0 radical (unpaired) electrons. The fourth-order valence-corrected chi connectivity index (χ4v) is 3.13. The highest BCUT2D eigenvalue weighted by Crippen LogP contribution is 2.38. The molecule has 5 heteroatoms. The molecule has 3 rings (SSSR count). The number of nitrogens with zero attached hydrogens (tertiary/aromatic N) is 2. The molecule has 1 saturated carbocycles. The van der Waals surface area contributed by atoms with Gasteiger partial charge in [-0.1, -0.05) is 31.0 Å². The van der Waals surface area contributed by atoms with Crippen LogP contribution in [0.1, 0.15) is 32.6 Å². The summed E-state index contributed by atoms with van der Waals surface area (Å²) in [5, 5.41) is 22.1. The van der Waals surface area contributed by atoms with Crippen LogP contribution in [0.2, 0.25) is 0 Å². The van der Waals surface area contributed by atoms with Gasteiger partial charge in [-0.25, -0.2) is 0 Å². The highest BCUT2D eigenvalue weighted by Gasteiger charge is 2.43. The first-order valence-corrected chi connectivity index (χ1v) is 7.31. The molecule has 0 saturated heterocycles. The minimum atomic E-state index is -0.734. The zero-order chi connectivity index (χ0) is 14.9. The maximum absolute atomic E-state index is 11.7. The Bertz CT molecular complexity index is 668. The summed E-state index contributed by atoms with van der Waals surface area (Å²) in [4.78, 5) is 11.7. The Morgan fingerprint density at radius 3 is 3.00 bits per heavy atom. The number of nitrogens with one attached hydrogen (secondary N) is 1. The van der Waals surface area contributed by atoms with Crippen molar-refractivity contribution in [3.63, 3.8) is 0 Å². The Hall–Kier alpha value is -2.17. The van der Waals surface area contributed by atoms with Crippen molar-refractivity contribution >= 4 is 22.6 Å². The predicted molar refractivity (Wildman–Crippen MR) is 81.2 cm³/mol. The van der Waals surface area contributed by atoms with Crippen molar-refractivity contribution in [2.75, 3.05) is 5.32 Å². The van der Waals surface area contributed by atoms with Crippen LogP contribution in [-0.4, -0.2) is 27.3 Å². The van der Waals surface area contributed by atoms with Gasteiger partial charge in [-0.3, -0.25) is 4.79 Å². The standard InChI is InChI=1S/C16H19N3O2/c1-16(15(20)21)9-5-4-8-14(16)18-13-10-17-19-12-7-3-2-6-11(12)13/h2-3,6-7,10,14H,4-5,8-9H2,1H3,(H,18,19)(H,20,21). The van der Waals surface area contributed by atoms with Gasteiger partial charge in [0, 0.05) is 11.4 Å². The van der Waals surface area contributed by atoms with Crippen LogP contribution < -0.4 is 5.32 Å². The van der Waals surface area contributed by atoms with E-state index in [1.54, 1.807) is 6.20 Å². The summed E-state index contributed by atoms with van der Waals surface area (Å²) in [5.74, 6) is -0.731. The van der Waals surface area contributed by atoms with Crippen molar-refractivity contribution < 1.29 is 9.90 Å². The van der Waals surface area contributed by atoms with E-state index in [1.807, 2.05) is 31.2 Å². The molecule has 5 nitrogen and oxygen atoms in total. The van der Waals surface area contributed by atoms with E-state index in [2.05, 4.69) is 15.5 Å². The molecule has 110 valence electrons. The van der Waals surface area contributed by atoms with Crippen LogP contribution in [0.15, 0.2) is 30.5 Å². The molecule has 2 unspecified atom stereocenters. The first-order chi connectivity index (χ1) is 10.1. The van der Waals surface area contributed by atoms with E-state index in [0.29, 0.717) is 6.42 Å². The first-order valence-electron chi connectivity index (χ1n) is 7.31. The lowest BCUT2D eigenvalue weighted by Crippen LogP contribution is -2.46. The summed E-state index contributed by atoms with van der Waals surface area (Å²) >= 11 is 0. The molecular weight excluding hydrogens is 266 g/mol. The SMILES string of the molecule is CC1(C(=O)O)CCCCC1Nc1cnnc2ccccc12. The molecule has 2 atom stereocenters. The molecule has 0 amide bonds. The van der Waals surface area contributed by atoms with Crippen LogP contribution in [0.3, 0.4) is 0 Å². The van der Waals surface area contributed by atoms with Gasteiger partial charge < -0.3 is 10.4 Å². The molecule has 1 fully saturated rings. The van der Waals surface area contributed by atoms with Crippen molar-refractivity contribution in [3.8, 4) is 0 Å². The average Bonchev–Trinajstić information content (AvgIpc) is 2.50. The zero-order valence-corrected chi connectivity index (χ0v) is 12.0. The molecular formula is C16H19N3O2. The van der Waals surface area contributed by atoms with Crippen LogP contribution in [0.25, 0.3) is 10.9 Å². The van der Waals surface area contributed by atoms with Crippen LogP contribution >= 0.6 is 0 Å². The van der Waals surface area contributed by atoms with E-state index in [1.165, 1.54) is 0 Å². The summed E-state index contributed by atoms with van der Waals surface area (Å²) in [5.41, 5.74) is 0.943. The Labute approximate surface area is 123 Å². The van der Waals surface area contributed by atoms with Crippen molar-refractivity contribution in [1.82, 2.24) is 10.2 Å². The summed E-state index contributed by atoms with van der Waals surface area (Å²) < 4.78 is 0. The molecule has 1 heterocycles. The summed E-state index contributed by atoms with van der Waals surface area (Å²) in [6.45, 7) is 1.84. The second kappa shape index (κ2) is 5.31. The van der Waals surface area contributed by atoms with Crippen LogP contribution in [-0.2, 0) is 4.79 Å². The molecule has 2 N–H and O–H groups in total. The van der Waals surface area contributed by atoms with Gasteiger partial charge in [-0.2, -0.15) is 10.2 Å². The number of anilines is 1. The van der Waals surface area contributed by atoms with E-state index >= 15 is 0 Å². The van der Waals surface area contributed by atoms with Gasteiger partial charge in [0.05, 0.1) is 22.8 Å². The highest BCUT2D eigenvalue weighted by molar-refractivity contribution is 5.90. The number of carboxylic acids is 1. The third kappa shape index (κ3) is 2.44. The number of carbonyl (C=O) groups is 1. The third-order valence-electron chi connectivity index (χ3n) is 4.57. The van der Waals surface area contributed by atoms with Crippen molar-refractivity contribution in [2.45, 2.75) is 38.6 Å². The number of hydrogen-bond donors (Lipinski definition) is 2. The number of fused-ring (bicyclic) bond motifs is 1. The van der Waals surface area contributed by atoms with Gasteiger partial charge in [-0.05, 0) is 25.8 Å². The largest absolute Gasteiger partial charge is 0.481 e. The molecule has 21 heavy (non-hydrogen) atoms. The lowest BCUT2D eigenvalue weighted by atomic mass is 9.71. The maximum Gasteiger partial charge on any atom is 0.311 e. The first kappa shape index (κ1) is 13.8. The van der Waals surface area contributed by atoms with Crippen molar-refractivity contribution in [3.05, 3.63) is 30.5 Å². The smallest absolute Gasteiger partial charge is 0.311 e. The lowest BCUT2D eigenvalue weighted by Gasteiger charge is -2.39. The molecule has 1 aliphatic rings. The maximum atomic E-state index is 11.7. The monoisotopic (exact) mass is 285 g/mol. The van der Waals surface area contributed by atoms with Crippen LogP contribution in [0.5, 0.6) is 0 Å². The predicted octanol–water partition coefficient (Wildman–Crippen LogP) is 3.08. The number of aliphatic carboxylic acids is 1. The molecule has 0 aliphatic heterocycles. The summed E-state index contributed by atoms with van der Waals surface area (Å²) in [6.07, 6.45) is 5.27. The number of hydrogen-bond acceptors (Lipinski definition) is 4. The minimum absolute atomic E-state index is 0.0867. The fraction of sp³-hybridized carbons (Fsp3) is 0.438. The number of aromatic nitrogens is 2. The van der Waals surface area contributed by atoms with Gasteiger partial charge in [0.25, 0.3) is 0 Å². The molecule has 0 bridgehead atoms. The van der Waals surface area contributed by atoms with Crippen LogP contribution in [0, 0.1) is 5.41 Å². The Morgan fingerprint density at radius 2 is 2.19 bits per heavy atom. The van der Waals surface area contributed by atoms with Crippen LogP contribution in [0.4, 0.5) is 5.69 Å². The van der Waals surface area contributed by atoms with Crippen molar-refractivity contribution in [1.29, 1.82) is 0 Å². The topological polar surface area (TPSA) is 75.1 Å². The molecule has 2 aromatic rings. The Morgan fingerprint density at radius 1 is 1.38 bits per heavy atom. The van der Waals surface area contributed by atoms with E-state index in [0.717, 1.165) is 35.9 Å². The summed E-state index contributed by atoms with van der Waals surface area (Å²) in [7, 11) is 0. The van der Waals surface area contributed by atoms with Gasteiger partial charge >= 0.3 is 5.97 Å². The second-order valence-electron chi connectivity index (χ2n) is 5.94. The summed E-state index contributed by atoms with van der Waals surface area (Å²) in [6, 6.07) is 7.67. The third-order valence-corrected chi connectivity index (χ3v) is 4.57. The molecule has 0 spiro atoms. The second-order valence-corrected chi connectivity index (χ2v) is 5.94. The Kier molecular flexibility index (Phi) is 3.49. The lowest BCUT2D eigenvalue weighted by molar-refractivity contribution is -0.150. The average molecular weight is 285 g/mol. The van der Waals surface area contributed by atoms with Gasteiger partial charge in [0.2, 0.25) is 0 Å². The number of benzene rings is 1.